The molecule has 0 aliphatic rings. The van der Waals surface area contributed by atoms with Crippen LogP contribution in [0.5, 0.6) is 0 Å². The monoisotopic (exact) mass is 362 g/mol. The summed E-state index contributed by atoms with van der Waals surface area (Å²) in [5.74, 6) is -0.980. The van der Waals surface area contributed by atoms with Crippen LogP contribution in [0.25, 0.3) is 0 Å². The topological polar surface area (TPSA) is 113 Å². The minimum absolute atomic E-state index is 0.120. The van der Waals surface area contributed by atoms with E-state index in [9.17, 15) is 14.4 Å². The number of hydrogen-bond acceptors (Lipinski definition) is 4. The fraction of sp³-hybridized carbons (Fsp3) is 0.526. The summed E-state index contributed by atoms with van der Waals surface area (Å²) in [5, 5.41) is 8.08. The van der Waals surface area contributed by atoms with Gasteiger partial charge in [-0.1, -0.05) is 30.3 Å². The number of benzene rings is 1. The molecule has 0 bridgehead atoms. The molecule has 0 aliphatic heterocycles. The van der Waals surface area contributed by atoms with Crippen LogP contribution in [-0.4, -0.2) is 42.4 Å². The van der Waals surface area contributed by atoms with Crippen molar-refractivity contribution in [2.45, 2.75) is 51.6 Å². The summed E-state index contributed by atoms with van der Waals surface area (Å²) < 4.78 is 0. The van der Waals surface area contributed by atoms with Gasteiger partial charge in [-0.3, -0.25) is 14.4 Å². The van der Waals surface area contributed by atoms with E-state index in [1.807, 2.05) is 51.1 Å². The fourth-order valence-corrected chi connectivity index (χ4v) is 2.35. The number of rotatable bonds is 9. The van der Waals surface area contributed by atoms with Gasteiger partial charge in [0.2, 0.25) is 17.7 Å². The lowest BCUT2D eigenvalue weighted by molar-refractivity contribution is -0.132. The molecule has 1 atom stereocenters. The minimum Gasteiger partial charge on any atom is -0.353 e. The van der Waals surface area contributed by atoms with E-state index in [0.29, 0.717) is 6.42 Å². The summed E-state index contributed by atoms with van der Waals surface area (Å²) >= 11 is 0. The summed E-state index contributed by atoms with van der Waals surface area (Å²) in [6.45, 7) is 6.14. The van der Waals surface area contributed by atoms with Gasteiger partial charge in [0.15, 0.2) is 0 Å². The lowest BCUT2D eigenvalue weighted by atomic mass is 10.1. The molecule has 0 saturated carbocycles. The zero-order valence-electron chi connectivity index (χ0n) is 15.8. The Balaban J connectivity index is 2.63. The lowest BCUT2D eigenvalue weighted by Crippen LogP contribution is -2.51. The summed E-state index contributed by atoms with van der Waals surface area (Å²) in [4.78, 5) is 36.6. The van der Waals surface area contributed by atoms with Gasteiger partial charge in [0.1, 0.15) is 6.04 Å². The van der Waals surface area contributed by atoms with Crippen molar-refractivity contribution in [1.82, 2.24) is 16.0 Å². The first-order chi connectivity index (χ1) is 12.2. The third kappa shape index (κ3) is 9.17. The Morgan fingerprint density at radius 2 is 1.73 bits per heavy atom. The summed E-state index contributed by atoms with van der Waals surface area (Å²) in [6, 6.07) is 8.69. The van der Waals surface area contributed by atoms with E-state index in [2.05, 4.69) is 16.0 Å². The van der Waals surface area contributed by atoms with Gasteiger partial charge in [-0.2, -0.15) is 0 Å². The Kier molecular flexibility index (Phi) is 8.78. The average molecular weight is 362 g/mol. The number of nitrogens with one attached hydrogen (secondary N) is 3. The third-order valence-corrected chi connectivity index (χ3v) is 3.48. The first kappa shape index (κ1) is 21.6. The van der Waals surface area contributed by atoms with E-state index < -0.39 is 17.5 Å². The second kappa shape index (κ2) is 10.6. The number of hydrogen-bond donors (Lipinski definition) is 4. The predicted molar refractivity (Wildman–Crippen MR) is 101 cm³/mol. The van der Waals surface area contributed by atoms with Crippen molar-refractivity contribution in [3.05, 3.63) is 35.9 Å². The van der Waals surface area contributed by atoms with Crippen LogP contribution >= 0.6 is 0 Å². The van der Waals surface area contributed by atoms with Gasteiger partial charge >= 0.3 is 0 Å². The Morgan fingerprint density at radius 1 is 1.08 bits per heavy atom. The van der Waals surface area contributed by atoms with Crippen molar-refractivity contribution in [3.8, 4) is 0 Å². The Morgan fingerprint density at radius 3 is 2.31 bits per heavy atom. The van der Waals surface area contributed by atoms with Gasteiger partial charge < -0.3 is 21.7 Å². The maximum Gasteiger partial charge on any atom is 0.243 e. The van der Waals surface area contributed by atoms with Crippen LogP contribution in [0.3, 0.4) is 0 Å². The van der Waals surface area contributed by atoms with Gasteiger partial charge in [0, 0.05) is 25.0 Å². The van der Waals surface area contributed by atoms with Crippen molar-refractivity contribution in [1.29, 1.82) is 0 Å². The molecule has 0 aliphatic carbocycles. The van der Waals surface area contributed by atoms with Crippen molar-refractivity contribution >= 4 is 17.7 Å². The zero-order chi connectivity index (χ0) is 19.6. The van der Waals surface area contributed by atoms with Crippen LogP contribution in [0.2, 0.25) is 0 Å². The Bertz CT molecular complexity index is 597. The first-order valence-electron chi connectivity index (χ1n) is 8.83. The van der Waals surface area contributed by atoms with Crippen LogP contribution in [0.15, 0.2) is 30.3 Å². The van der Waals surface area contributed by atoms with E-state index in [0.717, 1.165) is 5.56 Å². The Labute approximate surface area is 155 Å². The first-order valence-corrected chi connectivity index (χ1v) is 8.83. The molecule has 1 aromatic rings. The summed E-state index contributed by atoms with van der Waals surface area (Å²) in [7, 11) is 0. The van der Waals surface area contributed by atoms with Crippen molar-refractivity contribution in [2.75, 3.05) is 13.1 Å². The number of carbonyl (C=O) groups excluding carboxylic acids is 3. The third-order valence-electron chi connectivity index (χ3n) is 3.48. The van der Waals surface area contributed by atoms with Gasteiger partial charge in [-0.15, -0.1) is 0 Å². The van der Waals surface area contributed by atoms with E-state index in [4.69, 9.17) is 5.73 Å². The maximum absolute atomic E-state index is 12.3. The van der Waals surface area contributed by atoms with E-state index >= 15 is 0 Å². The van der Waals surface area contributed by atoms with Crippen LogP contribution in [-0.2, 0) is 20.8 Å². The van der Waals surface area contributed by atoms with Crippen molar-refractivity contribution < 1.29 is 14.4 Å². The molecule has 144 valence electrons. The number of nitrogens with two attached hydrogens (primary N) is 1. The quantitative estimate of drug-likeness (QED) is 0.512. The molecule has 1 aromatic carbocycles. The smallest absolute Gasteiger partial charge is 0.243 e. The highest BCUT2D eigenvalue weighted by Crippen LogP contribution is 2.04. The van der Waals surface area contributed by atoms with Gasteiger partial charge in [0.05, 0.1) is 6.42 Å². The highest BCUT2D eigenvalue weighted by molar-refractivity contribution is 5.92. The molecule has 0 saturated heterocycles. The molecule has 1 rings (SSSR count). The van der Waals surface area contributed by atoms with Gasteiger partial charge in [-0.05, 0) is 32.8 Å². The second-order valence-electron chi connectivity index (χ2n) is 7.19. The largest absolute Gasteiger partial charge is 0.353 e. The van der Waals surface area contributed by atoms with Crippen LogP contribution in [0.1, 0.15) is 39.2 Å². The number of aryl methyl sites for hydroxylation is 1. The van der Waals surface area contributed by atoms with Crippen LogP contribution in [0, 0.1) is 0 Å². The molecule has 7 nitrogen and oxygen atoms in total. The molecule has 0 spiro atoms. The normalized spacial score (nSPS) is 12.2. The summed E-state index contributed by atoms with van der Waals surface area (Å²) in [6.07, 6.45) is 0.689. The molecular formula is C19H30N4O3. The molecule has 3 amide bonds. The second-order valence-corrected chi connectivity index (χ2v) is 7.19. The van der Waals surface area contributed by atoms with Crippen LogP contribution < -0.4 is 21.7 Å². The average Bonchev–Trinajstić information content (AvgIpc) is 2.56. The SMILES string of the molecule is CC(C)(C)NC(=O)CC(NC(=O)CCc1ccccc1)C(=O)NCCN. The predicted octanol–water partition coefficient (Wildman–Crippen LogP) is 0.484. The number of carbonyl (C=O) groups is 3. The number of amides is 3. The molecule has 26 heavy (non-hydrogen) atoms. The molecular weight excluding hydrogens is 332 g/mol. The fourth-order valence-electron chi connectivity index (χ4n) is 2.35. The molecule has 5 N–H and O–H groups in total. The van der Waals surface area contributed by atoms with Crippen LogP contribution in [0.4, 0.5) is 0 Å². The molecule has 0 fully saturated rings. The molecule has 0 radical (unpaired) electrons. The molecule has 1 unspecified atom stereocenters. The summed E-state index contributed by atoms with van der Waals surface area (Å²) in [5.41, 5.74) is 6.02. The van der Waals surface area contributed by atoms with Crippen molar-refractivity contribution in [3.63, 3.8) is 0 Å². The zero-order valence-corrected chi connectivity index (χ0v) is 15.8. The Hall–Kier alpha value is -2.41. The highest BCUT2D eigenvalue weighted by atomic mass is 16.2. The molecule has 0 aromatic heterocycles. The highest BCUT2D eigenvalue weighted by Gasteiger charge is 2.25. The van der Waals surface area contributed by atoms with Gasteiger partial charge in [-0.25, -0.2) is 0 Å². The minimum atomic E-state index is -0.924. The van der Waals surface area contributed by atoms with E-state index in [1.165, 1.54) is 0 Å². The molecule has 0 heterocycles. The molecule has 7 heteroatoms. The van der Waals surface area contributed by atoms with E-state index in [1.54, 1.807) is 0 Å². The lowest BCUT2D eigenvalue weighted by Gasteiger charge is -2.23. The van der Waals surface area contributed by atoms with Crippen molar-refractivity contribution in [2.24, 2.45) is 5.73 Å². The van der Waals surface area contributed by atoms with Gasteiger partial charge in [0.25, 0.3) is 0 Å². The maximum atomic E-state index is 12.3. The standard InChI is InChI=1S/C19H30N4O3/c1-19(2,3)23-17(25)13-15(18(26)21-12-11-20)22-16(24)10-9-14-7-5-4-6-8-14/h4-8,15H,9-13,20H2,1-3H3,(H,21,26)(H,22,24)(H,23,25). The van der Waals surface area contributed by atoms with E-state index in [-0.39, 0.29) is 37.7 Å².